The van der Waals surface area contributed by atoms with Gasteiger partial charge in [0.2, 0.25) is 11.8 Å². The van der Waals surface area contributed by atoms with Crippen LogP contribution in [0.3, 0.4) is 0 Å². The highest BCUT2D eigenvalue weighted by molar-refractivity contribution is 6.39. The summed E-state index contributed by atoms with van der Waals surface area (Å²) in [6, 6.07) is 18.0. The third kappa shape index (κ3) is 5.07. The molecule has 3 rings (SSSR count). The number of hydrogen-bond acceptors (Lipinski definition) is 3. The van der Waals surface area contributed by atoms with Gasteiger partial charge < -0.3 is 10.6 Å². The number of carbonyl (C=O) groups excluding carboxylic acids is 2. The molecule has 0 aliphatic heterocycles. The van der Waals surface area contributed by atoms with E-state index < -0.39 is 6.04 Å². The fourth-order valence-electron chi connectivity index (χ4n) is 2.93. The van der Waals surface area contributed by atoms with Crippen LogP contribution in [0.5, 0.6) is 0 Å². The van der Waals surface area contributed by atoms with Gasteiger partial charge in [-0.05, 0) is 37.6 Å². The van der Waals surface area contributed by atoms with Crippen LogP contribution in [0.4, 0.5) is 11.4 Å². The van der Waals surface area contributed by atoms with Gasteiger partial charge in [0.25, 0.3) is 0 Å². The molecule has 0 aliphatic carbocycles. The van der Waals surface area contributed by atoms with Crippen LogP contribution in [0.1, 0.15) is 6.92 Å². The van der Waals surface area contributed by atoms with E-state index in [1.54, 1.807) is 37.1 Å². The molecule has 0 aromatic heterocycles. The van der Waals surface area contributed by atoms with Crippen molar-refractivity contribution in [3.8, 4) is 0 Å². The van der Waals surface area contributed by atoms with Gasteiger partial charge in [0.05, 0.1) is 28.3 Å². The summed E-state index contributed by atoms with van der Waals surface area (Å²) in [6.07, 6.45) is 0. The molecule has 0 saturated heterocycles. The molecule has 0 heterocycles. The lowest BCUT2D eigenvalue weighted by Gasteiger charge is -2.24. The largest absolute Gasteiger partial charge is 0.324 e. The van der Waals surface area contributed by atoms with Crippen molar-refractivity contribution in [1.29, 1.82) is 0 Å². The van der Waals surface area contributed by atoms with E-state index in [0.717, 1.165) is 16.5 Å². The van der Waals surface area contributed by atoms with Crippen LogP contribution in [0, 0.1) is 0 Å². The first-order valence-electron chi connectivity index (χ1n) is 9.09. The summed E-state index contributed by atoms with van der Waals surface area (Å²) in [6.45, 7) is 1.75. The molecule has 2 N–H and O–H groups in total. The summed E-state index contributed by atoms with van der Waals surface area (Å²) in [5, 5.41) is 8.37. The molecule has 0 radical (unpaired) electrons. The highest BCUT2D eigenvalue weighted by atomic mass is 35.5. The molecule has 0 spiro atoms. The van der Waals surface area contributed by atoms with E-state index in [2.05, 4.69) is 10.6 Å². The molecule has 0 fully saturated rings. The number of hydrogen-bond donors (Lipinski definition) is 2. The zero-order valence-corrected chi connectivity index (χ0v) is 17.6. The van der Waals surface area contributed by atoms with Crippen LogP contribution in [-0.4, -0.2) is 36.3 Å². The zero-order valence-electron chi connectivity index (χ0n) is 16.1. The number of amides is 2. The number of halogens is 2. The van der Waals surface area contributed by atoms with Crippen LogP contribution in [0.25, 0.3) is 10.8 Å². The molecule has 7 heteroatoms. The molecule has 1 unspecified atom stereocenters. The predicted octanol–water partition coefficient (Wildman–Crippen LogP) is 5.04. The Morgan fingerprint density at radius 2 is 1.55 bits per heavy atom. The molecule has 150 valence electrons. The predicted molar refractivity (Wildman–Crippen MR) is 120 cm³/mol. The number of likely N-dealkylation sites (N-methyl/N-ethyl adjacent to an activating group) is 1. The minimum absolute atomic E-state index is 0.00563. The summed E-state index contributed by atoms with van der Waals surface area (Å²) >= 11 is 12.2. The number of carbonyl (C=O) groups is 2. The molecule has 0 aliphatic rings. The fraction of sp³-hybridized carbons (Fsp3) is 0.182. The number of fused-ring (bicyclic) bond motifs is 1. The van der Waals surface area contributed by atoms with Gasteiger partial charge >= 0.3 is 0 Å². The summed E-state index contributed by atoms with van der Waals surface area (Å²) < 4.78 is 0. The van der Waals surface area contributed by atoms with E-state index in [4.69, 9.17) is 23.2 Å². The van der Waals surface area contributed by atoms with E-state index in [1.165, 1.54) is 0 Å². The zero-order chi connectivity index (χ0) is 21.0. The van der Waals surface area contributed by atoms with Crippen molar-refractivity contribution in [3.05, 3.63) is 70.7 Å². The van der Waals surface area contributed by atoms with Crippen molar-refractivity contribution in [2.75, 3.05) is 24.2 Å². The Bertz CT molecular complexity index is 1030. The molecule has 5 nitrogen and oxygen atoms in total. The maximum atomic E-state index is 12.7. The van der Waals surface area contributed by atoms with Crippen LogP contribution in [-0.2, 0) is 9.59 Å². The molecule has 1 atom stereocenters. The monoisotopic (exact) mass is 429 g/mol. The molecule has 0 saturated carbocycles. The quantitative estimate of drug-likeness (QED) is 0.576. The molecule has 29 heavy (non-hydrogen) atoms. The summed E-state index contributed by atoms with van der Waals surface area (Å²) in [7, 11) is 1.71. The summed E-state index contributed by atoms with van der Waals surface area (Å²) in [5.74, 6) is -0.514. The molecular weight excluding hydrogens is 409 g/mol. The van der Waals surface area contributed by atoms with E-state index in [0.29, 0.717) is 15.7 Å². The number of rotatable bonds is 6. The highest BCUT2D eigenvalue weighted by Crippen LogP contribution is 2.29. The van der Waals surface area contributed by atoms with Gasteiger partial charge in [-0.3, -0.25) is 14.5 Å². The van der Waals surface area contributed by atoms with Crippen molar-refractivity contribution < 1.29 is 9.59 Å². The van der Waals surface area contributed by atoms with Crippen molar-refractivity contribution in [1.82, 2.24) is 4.90 Å². The fourth-order valence-corrected chi connectivity index (χ4v) is 3.42. The second kappa shape index (κ2) is 9.27. The van der Waals surface area contributed by atoms with Gasteiger partial charge in [-0.2, -0.15) is 0 Å². The Hall–Kier alpha value is -2.60. The van der Waals surface area contributed by atoms with Crippen molar-refractivity contribution >= 4 is 57.2 Å². The van der Waals surface area contributed by atoms with Crippen LogP contribution < -0.4 is 10.6 Å². The second-order valence-electron chi connectivity index (χ2n) is 6.75. The first kappa shape index (κ1) is 21.1. The van der Waals surface area contributed by atoms with Gasteiger partial charge in [0.15, 0.2) is 0 Å². The highest BCUT2D eigenvalue weighted by Gasteiger charge is 2.21. The minimum Gasteiger partial charge on any atom is -0.324 e. The standard InChI is InChI=1S/C22H21Cl2N3O2/c1-14(22(29)25-19-12-5-8-15-7-3-4-9-16(15)19)27(2)13-20(28)26-21-17(23)10-6-11-18(21)24/h3-12,14H,13H2,1-2H3,(H,25,29)(H,26,28). The first-order valence-corrected chi connectivity index (χ1v) is 9.85. The van der Waals surface area contributed by atoms with Gasteiger partial charge in [0.1, 0.15) is 0 Å². The summed E-state index contributed by atoms with van der Waals surface area (Å²) in [4.78, 5) is 26.8. The van der Waals surface area contributed by atoms with Crippen molar-refractivity contribution in [2.24, 2.45) is 0 Å². The van der Waals surface area contributed by atoms with Gasteiger partial charge in [0, 0.05) is 11.1 Å². The van der Waals surface area contributed by atoms with Gasteiger partial charge in [-0.15, -0.1) is 0 Å². The van der Waals surface area contributed by atoms with Gasteiger partial charge in [-0.1, -0.05) is 65.7 Å². The van der Waals surface area contributed by atoms with Crippen LogP contribution in [0.2, 0.25) is 10.0 Å². The Balaban J connectivity index is 1.64. The Morgan fingerprint density at radius 3 is 2.28 bits per heavy atom. The maximum Gasteiger partial charge on any atom is 0.241 e. The SMILES string of the molecule is CC(C(=O)Nc1cccc2ccccc12)N(C)CC(=O)Nc1c(Cl)cccc1Cl. The molecule has 3 aromatic rings. The summed E-state index contributed by atoms with van der Waals surface area (Å²) in [5.41, 5.74) is 1.10. The lowest BCUT2D eigenvalue weighted by Crippen LogP contribution is -2.43. The number of anilines is 2. The maximum absolute atomic E-state index is 12.7. The molecule has 3 aromatic carbocycles. The Labute approximate surface area is 179 Å². The topological polar surface area (TPSA) is 61.4 Å². The first-order chi connectivity index (χ1) is 13.9. The van der Waals surface area contributed by atoms with Crippen molar-refractivity contribution in [3.63, 3.8) is 0 Å². The molecule has 2 amide bonds. The minimum atomic E-state index is -0.526. The average molecular weight is 430 g/mol. The third-order valence-corrected chi connectivity index (χ3v) is 5.34. The lowest BCUT2D eigenvalue weighted by molar-refractivity contribution is -0.122. The smallest absolute Gasteiger partial charge is 0.241 e. The molecule has 0 bridgehead atoms. The third-order valence-electron chi connectivity index (χ3n) is 4.71. The Kier molecular flexibility index (Phi) is 6.75. The normalized spacial score (nSPS) is 12.0. The van der Waals surface area contributed by atoms with Crippen molar-refractivity contribution in [2.45, 2.75) is 13.0 Å². The van der Waals surface area contributed by atoms with E-state index in [-0.39, 0.29) is 18.4 Å². The van der Waals surface area contributed by atoms with Crippen LogP contribution >= 0.6 is 23.2 Å². The van der Waals surface area contributed by atoms with Crippen LogP contribution in [0.15, 0.2) is 60.7 Å². The number of benzene rings is 3. The van der Waals surface area contributed by atoms with E-state index >= 15 is 0 Å². The lowest BCUT2D eigenvalue weighted by atomic mass is 10.1. The van der Waals surface area contributed by atoms with E-state index in [1.807, 2.05) is 42.5 Å². The average Bonchev–Trinajstić information content (AvgIpc) is 2.70. The second-order valence-corrected chi connectivity index (χ2v) is 7.57. The number of nitrogens with zero attached hydrogens (tertiary/aromatic N) is 1. The number of nitrogens with one attached hydrogen (secondary N) is 2. The van der Waals surface area contributed by atoms with Gasteiger partial charge in [-0.25, -0.2) is 0 Å². The number of para-hydroxylation sites is 1. The molecular formula is C22H21Cl2N3O2. The van der Waals surface area contributed by atoms with E-state index in [9.17, 15) is 9.59 Å². The Morgan fingerprint density at radius 1 is 0.931 bits per heavy atom.